The Morgan fingerprint density at radius 1 is 1.50 bits per heavy atom. The van der Waals surface area contributed by atoms with E-state index >= 15 is 0 Å². The fraction of sp³-hybridized carbons (Fsp3) is 0.583. The van der Waals surface area contributed by atoms with Crippen LogP contribution in [0, 0.1) is 6.92 Å². The van der Waals surface area contributed by atoms with Crippen LogP contribution in [0.2, 0.25) is 0 Å². The molecule has 0 fully saturated rings. The molecule has 0 unspecified atom stereocenters. The summed E-state index contributed by atoms with van der Waals surface area (Å²) < 4.78 is 5.16. The third-order valence-corrected chi connectivity index (χ3v) is 2.35. The van der Waals surface area contributed by atoms with Gasteiger partial charge in [-0.05, 0) is 26.7 Å². The van der Waals surface area contributed by atoms with Gasteiger partial charge >= 0.3 is 0 Å². The van der Waals surface area contributed by atoms with Crippen LogP contribution in [0.3, 0.4) is 0 Å². The zero-order chi connectivity index (χ0) is 10.4. The van der Waals surface area contributed by atoms with E-state index < -0.39 is 0 Å². The zero-order valence-corrected chi connectivity index (χ0v) is 9.34. The van der Waals surface area contributed by atoms with E-state index in [0.717, 1.165) is 24.3 Å². The molecule has 14 heavy (non-hydrogen) atoms. The van der Waals surface area contributed by atoms with Crippen molar-refractivity contribution in [1.29, 1.82) is 0 Å². The quantitative estimate of drug-likeness (QED) is 0.667. The van der Waals surface area contributed by atoms with Crippen LogP contribution in [0.5, 0.6) is 0 Å². The van der Waals surface area contributed by atoms with Crippen LogP contribution in [0.15, 0.2) is 22.2 Å². The Bertz CT molecular complexity index is 299. The van der Waals surface area contributed by atoms with Gasteiger partial charge in [0, 0.05) is 12.5 Å². The lowest BCUT2D eigenvalue weighted by atomic mass is 10.0. The van der Waals surface area contributed by atoms with E-state index in [2.05, 4.69) is 25.1 Å². The van der Waals surface area contributed by atoms with Gasteiger partial charge in [0.1, 0.15) is 5.76 Å². The topological polar surface area (TPSA) is 26.0 Å². The highest BCUT2D eigenvalue weighted by atomic mass is 16.5. The second-order valence-corrected chi connectivity index (χ2v) is 3.63. The molecule has 2 heteroatoms. The van der Waals surface area contributed by atoms with E-state index in [1.807, 2.05) is 13.0 Å². The van der Waals surface area contributed by atoms with Crippen molar-refractivity contribution in [1.82, 2.24) is 5.16 Å². The van der Waals surface area contributed by atoms with E-state index in [9.17, 15) is 0 Å². The maximum absolute atomic E-state index is 5.16. The van der Waals surface area contributed by atoms with Gasteiger partial charge in [-0.1, -0.05) is 30.2 Å². The molecule has 78 valence electrons. The summed E-state index contributed by atoms with van der Waals surface area (Å²) in [6, 6.07) is 2.01. The molecule has 0 atom stereocenters. The number of nitrogens with zero attached hydrogens (tertiary/aromatic N) is 1. The molecule has 0 aromatic carbocycles. The number of aromatic nitrogens is 1. The molecule has 1 aromatic rings. The van der Waals surface area contributed by atoms with Gasteiger partial charge in [-0.15, -0.1) is 0 Å². The highest BCUT2D eigenvalue weighted by molar-refractivity contribution is 5.07. The second-order valence-electron chi connectivity index (χ2n) is 3.63. The van der Waals surface area contributed by atoms with Crippen molar-refractivity contribution >= 4 is 0 Å². The first-order chi connectivity index (χ1) is 6.76. The zero-order valence-electron chi connectivity index (χ0n) is 9.34. The first kappa shape index (κ1) is 11.0. The molecular weight excluding hydrogens is 174 g/mol. The molecule has 0 saturated carbocycles. The van der Waals surface area contributed by atoms with E-state index in [1.54, 1.807) is 0 Å². The van der Waals surface area contributed by atoms with Crippen molar-refractivity contribution in [2.75, 3.05) is 0 Å². The van der Waals surface area contributed by atoms with Gasteiger partial charge in [0.2, 0.25) is 0 Å². The van der Waals surface area contributed by atoms with Crippen LogP contribution in [-0.2, 0) is 6.42 Å². The predicted octanol–water partition coefficient (Wildman–Crippen LogP) is 3.66. The normalized spacial score (nSPS) is 12.1. The van der Waals surface area contributed by atoms with Crippen LogP contribution in [0.1, 0.15) is 44.6 Å². The Morgan fingerprint density at radius 3 is 2.79 bits per heavy atom. The Hall–Kier alpha value is -1.05. The van der Waals surface area contributed by atoms with Crippen molar-refractivity contribution in [3.63, 3.8) is 0 Å². The second kappa shape index (κ2) is 5.63. The molecule has 1 rings (SSSR count). The maximum Gasteiger partial charge on any atom is 0.137 e. The molecule has 1 aromatic heterocycles. The number of rotatable bonds is 5. The predicted molar refractivity (Wildman–Crippen MR) is 58.2 cm³/mol. The van der Waals surface area contributed by atoms with Gasteiger partial charge in [-0.3, -0.25) is 0 Å². The van der Waals surface area contributed by atoms with Crippen molar-refractivity contribution in [3.8, 4) is 0 Å². The summed E-state index contributed by atoms with van der Waals surface area (Å²) in [5.41, 5.74) is 2.49. The third kappa shape index (κ3) is 3.36. The first-order valence-electron chi connectivity index (χ1n) is 5.32. The first-order valence-corrected chi connectivity index (χ1v) is 5.32. The molecule has 0 aliphatic rings. The molecule has 0 radical (unpaired) electrons. The van der Waals surface area contributed by atoms with Gasteiger partial charge in [0.25, 0.3) is 0 Å². The molecule has 0 aliphatic heterocycles. The van der Waals surface area contributed by atoms with E-state index in [-0.39, 0.29) is 0 Å². The van der Waals surface area contributed by atoms with Gasteiger partial charge < -0.3 is 4.52 Å². The largest absolute Gasteiger partial charge is 0.361 e. The van der Waals surface area contributed by atoms with E-state index in [4.69, 9.17) is 4.52 Å². The fourth-order valence-corrected chi connectivity index (χ4v) is 1.55. The molecule has 0 spiro atoms. The average Bonchev–Trinajstić information content (AvgIpc) is 2.59. The van der Waals surface area contributed by atoms with Crippen molar-refractivity contribution in [3.05, 3.63) is 29.2 Å². The Kier molecular flexibility index (Phi) is 4.44. The minimum absolute atomic E-state index is 0.970. The Balaban J connectivity index is 2.39. The minimum atomic E-state index is 0.970. The molecule has 0 saturated heterocycles. The number of hydrogen-bond acceptors (Lipinski definition) is 2. The Labute approximate surface area is 86.0 Å². The van der Waals surface area contributed by atoms with E-state index in [1.165, 1.54) is 18.4 Å². The molecule has 0 bridgehead atoms. The summed E-state index contributed by atoms with van der Waals surface area (Å²) in [6.45, 7) is 6.27. The van der Waals surface area contributed by atoms with Crippen molar-refractivity contribution in [2.24, 2.45) is 0 Å². The van der Waals surface area contributed by atoms with Gasteiger partial charge in [0.05, 0.1) is 5.69 Å². The highest BCUT2D eigenvalue weighted by Gasteiger charge is 2.02. The lowest BCUT2D eigenvalue weighted by molar-refractivity contribution is 0.379. The molecular formula is C12H19NO. The smallest absolute Gasteiger partial charge is 0.137 e. The van der Waals surface area contributed by atoms with Gasteiger partial charge in [0.15, 0.2) is 0 Å². The van der Waals surface area contributed by atoms with Crippen molar-refractivity contribution in [2.45, 2.75) is 46.5 Å². The minimum Gasteiger partial charge on any atom is -0.361 e. The number of allylic oxidation sites excluding steroid dienone is 2. The van der Waals surface area contributed by atoms with Gasteiger partial charge in [-0.25, -0.2) is 0 Å². The summed E-state index contributed by atoms with van der Waals surface area (Å²) in [7, 11) is 0. The summed E-state index contributed by atoms with van der Waals surface area (Å²) in [5.74, 6) is 0.998. The maximum atomic E-state index is 5.16. The van der Waals surface area contributed by atoms with Crippen LogP contribution in [0.4, 0.5) is 0 Å². The average molecular weight is 193 g/mol. The molecule has 0 aliphatic carbocycles. The van der Waals surface area contributed by atoms with Gasteiger partial charge in [-0.2, -0.15) is 0 Å². The van der Waals surface area contributed by atoms with Crippen LogP contribution in [-0.4, -0.2) is 5.16 Å². The molecule has 0 amide bonds. The van der Waals surface area contributed by atoms with Crippen LogP contribution in [0.25, 0.3) is 0 Å². The lowest BCUT2D eigenvalue weighted by Gasteiger charge is -2.02. The van der Waals surface area contributed by atoms with E-state index in [0.29, 0.717) is 0 Å². The summed E-state index contributed by atoms with van der Waals surface area (Å²) in [5, 5.41) is 3.87. The summed E-state index contributed by atoms with van der Waals surface area (Å²) in [6.07, 6.45) is 6.70. The highest BCUT2D eigenvalue weighted by Crippen LogP contribution is 2.14. The fourth-order valence-electron chi connectivity index (χ4n) is 1.55. The standard InChI is InChI=1S/C12H19NO/c1-4-6-11(5-2)7-8-12-9-10(3)13-14-12/h5,9H,4,6-8H2,1-3H3/b11-5-. The molecule has 0 N–H and O–H groups in total. The van der Waals surface area contributed by atoms with Crippen LogP contribution < -0.4 is 0 Å². The third-order valence-electron chi connectivity index (χ3n) is 2.35. The number of hydrogen-bond donors (Lipinski definition) is 0. The molecule has 2 nitrogen and oxygen atoms in total. The summed E-state index contributed by atoms with van der Waals surface area (Å²) >= 11 is 0. The Morgan fingerprint density at radius 2 is 2.29 bits per heavy atom. The SMILES string of the molecule is C/C=C(/CCC)CCc1cc(C)no1. The number of aryl methyl sites for hydroxylation is 2. The molecule has 1 heterocycles. The summed E-state index contributed by atoms with van der Waals surface area (Å²) in [4.78, 5) is 0. The van der Waals surface area contributed by atoms with Crippen LogP contribution >= 0.6 is 0 Å². The van der Waals surface area contributed by atoms with Crippen molar-refractivity contribution < 1.29 is 4.52 Å². The monoisotopic (exact) mass is 193 g/mol. The lowest BCUT2D eigenvalue weighted by Crippen LogP contribution is -1.87.